The van der Waals surface area contributed by atoms with Crippen molar-refractivity contribution in [1.29, 1.82) is 0 Å². The lowest BCUT2D eigenvalue weighted by atomic mass is 10.0. The molecule has 1 aromatic rings. The largest absolute Gasteiger partial charge is 0.462 e. The summed E-state index contributed by atoms with van der Waals surface area (Å²) in [4.78, 5) is 23.6. The minimum atomic E-state index is -0.388. The van der Waals surface area contributed by atoms with Crippen molar-refractivity contribution in [1.82, 2.24) is 0 Å². The van der Waals surface area contributed by atoms with E-state index in [1.807, 2.05) is 0 Å². The van der Waals surface area contributed by atoms with Crippen molar-refractivity contribution in [2.24, 2.45) is 0 Å². The van der Waals surface area contributed by atoms with Crippen molar-refractivity contribution >= 4 is 43.6 Å². The second-order valence-electron chi connectivity index (χ2n) is 3.59. The van der Waals surface area contributed by atoms with E-state index in [1.165, 1.54) is 0 Å². The lowest BCUT2D eigenvalue weighted by molar-refractivity contribution is 0.0525. The number of alkyl halides is 2. The van der Waals surface area contributed by atoms with E-state index in [9.17, 15) is 9.59 Å². The van der Waals surface area contributed by atoms with Gasteiger partial charge < -0.3 is 4.74 Å². The summed E-state index contributed by atoms with van der Waals surface area (Å²) in [5, 5.41) is 1.16. The predicted molar refractivity (Wildman–Crippen MR) is 77.8 cm³/mol. The third kappa shape index (κ3) is 3.92. The molecule has 0 aliphatic rings. The zero-order chi connectivity index (χ0) is 13.5. The van der Waals surface area contributed by atoms with E-state index in [2.05, 4.69) is 31.9 Å². The third-order valence-electron chi connectivity index (χ3n) is 2.39. The van der Waals surface area contributed by atoms with Gasteiger partial charge in [-0.15, -0.1) is 0 Å². The second kappa shape index (κ2) is 7.69. The number of carbonyl (C=O) groups is 2. The number of hydrogen-bond acceptors (Lipinski definition) is 3. The highest BCUT2D eigenvalue weighted by molar-refractivity contribution is 9.09. The Morgan fingerprint density at radius 2 is 2.00 bits per heavy atom. The summed E-state index contributed by atoms with van der Waals surface area (Å²) in [6.07, 6.45) is 0.413. The average Bonchev–Trinajstić information content (AvgIpc) is 2.38. The van der Waals surface area contributed by atoms with E-state index in [-0.39, 0.29) is 11.8 Å². The van der Waals surface area contributed by atoms with Gasteiger partial charge in [-0.1, -0.05) is 44.0 Å². The van der Waals surface area contributed by atoms with Crippen LogP contribution in [0.25, 0.3) is 0 Å². The SMILES string of the molecule is CCOC(=O)c1cc(C(=O)CCBr)ccc1CBr. The fraction of sp³-hybridized carbons (Fsp3) is 0.385. The lowest BCUT2D eigenvalue weighted by Gasteiger charge is -2.08. The molecule has 0 saturated heterocycles. The molecule has 0 aromatic heterocycles. The normalized spacial score (nSPS) is 10.2. The van der Waals surface area contributed by atoms with Crippen LogP contribution in [0.3, 0.4) is 0 Å². The fourth-order valence-corrected chi connectivity index (χ4v) is 2.34. The van der Waals surface area contributed by atoms with E-state index in [1.54, 1.807) is 25.1 Å². The molecule has 0 radical (unpaired) electrons. The minimum absolute atomic E-state index is 0.0125. The Hall–Kier alpha value is -0.680. The van der Waals surface area contributed by atoms with Crippen LogP contribution in [0.5, 0.6) is 0 Å². The first kappa shape index (κ1) is 15.4. The minimum Gasteiger partial charge on any atom is -0.462 e. The van der Waals surface area contributed by atoms with Crippen LogP contribution in [0.1, 0.15) is 39.6 Å². The average molecular weight is 378 g/mol. The Morgan fingerprint density at radius 1 is 1.28 bits per heavy atom. The molecule has 0 saturated carbocycles. The molecule has 0 bridgehead atoms. The van der Waals surface area contributed by atoms with Gasteiger partial charge in [0.05, 0.1) is 12.2 Å². The van der Waals surface area contributed by atoms with Crippen LogP contribution in [0.4, 0.5) is 0 Å². The van der Waals surface area contributed by atoms with Crippen LogP contribution >= 0.6 is 31.9 Å². The molecule has 0 fully saturated rings. The molecule has 98 valence electrons. The number of ketones is 1. The van der Waals surface area contributed by atoms with Gasteiger partial charge in [-0.3, -0.25) is 4.79 Å². The summed E-state index contributed by atoms with van der Waals surface area (Å²) in [7, 11) is 0. The Bertz CT molecular complexity index is 444. The van der Waals surface area contributed by atoms with Gasteiger partial charge in [0.25, 0.3) is 0 Å². The van der Waals surface area contributed by atoms with Gasteiger partial charge in [-0.2, -0.15) is 0 Å². The molecule has 0 aliphatic heterocycles. The number of ether oxygens (including phenoxy) is 1. The van der Waals surface area contributed by atoms with Crippen molar-refractivity contribution in [2.75, 3.05) is 11.9 Å². The standard InChI is InChI=1S/C13H14Br2O3/c1-2-18-13(17)11-7-9(12(16)5-6-14)3-4-10(11)8-15/h3-4,7H,2,5-6,8H2,1H3. The number of esters is 1. The van der Waals surface area contributed by atoms with Gasteiger partial charge in [0, 0.05) is 22.6 Å². The van der Waals surface area contributed by atoms with Crippen LogP contribution in [0.15, 0.2) is 18.2 Å². The van der Waals surface area contributed by atoms with Crippen molar-refractivity contribution in [3.05, 3.63) is 34.9 Å². The van der Waals surface area contributed by atoms with E-state index in [4.69, 9.17) is 4.74 Å². The highest BCUT2D eigenvalue weighted by atomic mass is 79.9. The molecule has 18 heavy (non-hydrogen) atoms. The van der Waals surface area contributed by atoms with Crippen molar-refractivity contribution in [3.63, 3.8) is 0 Å². The Kier molecular flexibility index (Phi) is 6.57. The zero-order valence-corrected chi connectivity index (χ0v) is 13.2. The zero-order valence-electron chi connectivity index (χ0n) is 10.0. The number of halogens is 2. The van der Waals surface area contributed by atoms with Crippen molar-refractivity contribution < 1.29 is 14.3 Å². The van der Waals surface area contributed by atoms with Gasteiger partial charge >= 0.3 is 5.97 Å². The molecule has 0 atom stereocenters. The van der Waals surface area contributed by atoms with Crippen LogP contribution in [-0.2, 0) is 10.1 Å². The molecule has 0 aliphatic carbocycles. The monoisotopic (exact) mass is 376 g/mol. The van der Waals surface area contributed by atoms with Crippen LogP contribution in [0, 0.1) is 0 Å². The maximum atomic E-state index is 11.8. The van der Waals surface area contributed by atoms with Gasteiger partial charge in [0.1, 0.15) is 0 Å². The summed E-state index contributed by atoms with van der Waals surface area (Å²) in [6.45, 7) is 2.08. The molecule has 3 nitrogen and oxygen atoms in total. The molecule has 0 N–H and O–H groups in total. The molecule has 0 spiro atoms. The number of rotatable bonds is 6. The molecular weight excluding hydrogens is 364 g/mol. The fourth-order valence-electron chi connectivity index (χ4n) is 1.50. The molecule has 0 unspecified atom stereocenters. The first-order valence-electron chi connectivity index (χ1n) is 5.59. The number of benzene rings is 1. The van der Waals surface area contributed by atoms with Gasteiger partial charge in [0.15, 0.2) is 5.78 Å². The molecule has 5 heteroatoms. The molecule has 1 aromatic carbocycles. The maximum Gasteiger partial charge on any atom is 0.338 e. The van der Waals surface area contributed by atoms with Crippen LogP contribution in [-0.4, -0.2) is 23.7 Å². The van der Waals surface area contributed by atoms with E-state index in [0.717, 1.165) is 5.56 Å². The van der Waals surface area contributed by atoms with E-state index < -0.39 is 0 Å². The first-order valence-corrected chi connectivity index (χ1v) is 7.83. The second-order valence-corrected chi connectivity index (χ2v) is 4.94. The summed E-state index contributed by atoms with van der Waals surface area (Å²) < 4.78 is 4.98. The summed E-state index contributed by atoms with van der Waals surface area (Å²) in [5.74, 6) is -0.376. The smallest absolute Gasteiger partial charge is 0.338 e. The van der Waals surface area contributed by atoms with Crippen molar-refractivity contribution in [3.8, 4) is 0 Å². The Morgan fingerprint density at radius 3 is 2.56 bits per heavy atom. The first-order chi connectivity index (χ1) is 8.63. The number of carbonyl (C=O) groups excluding carboxylic acids is 2. The Balaban J connectivity index is 3.09. The maximum absolute atomic E-state index is 11.8. The van der Waals surface area contributed by atoms with Crippen molar-refractivity contribution in [2.45, 2.75) is 18.7 Å². The van der Waals surface area contributed by atoms with Gasteiger partial charge in [-0.05, 0) is 18.6 Å². The number of Topliss-reactive ketones (excluding diaryl/α,β-unsaturated/α-hetero) is 1. The Labute approximate surface area is 123 Å². The summed E-state index contributed by atoms with van der Waals surface area (Å²) in [6, 6.07) is 5.13. The molecule has 0 heterocycles. The lowest BCUT2D eigenvalue weighted by Crippen LogP contribution is -2.10. The van der Waals surface area contributed by atoms with E-state index >= 15 is 0 Å². The molecular formula is C13H14Br2O3. The number of hydrogen-bond donors (Lipinski definition) is 0. The predicted octanol–water partition coefficient (Wildman–Crippen LogP) is 3.73. The third-order valence-corrected chi connectivity index (χ3v) is 3.39. The van der Waals surface area contributed by atoms with Crippen LogP contribution < -0.4 is 0 Å². The summed E-state index contributed by atoms with van der Waals surface area (Å²) >= 11 is 6.55. The highest BCUT2D eigenvalue weighted by Crippen LogP contribution is 2.18. The topological polar surface area (TPSA) is 43.4 Å². The van der Waals surface area contributed by atoms with E-state index in [0.29, 0.717) is 34.8 Å². The van der Waals surface area contributed by atoms with Gasteiger partial charge in [0.2, 0.25) is 0 Å². The van der Waals surface area contributed by atoms with Gasteiger partial charge in [-0.25, -0.2) is 4.79 Å². The quantitative estimate of drug-likeness (QED) is 0.431. The molecule has 0 amide bonds. The summed E-state index contributed by atoms with van der Waals surface area (Å²) in [5.41, 5.74) is 1.82. The molecule has 1 rings (SSSR count). The highest BCUT2D eigenvalue weighted by Gasteiger charge is 2.15. The van der Waals surface area contributed by atoms with Crippen LogP contribution in [0.2, 0.25) is 0 Å².